The molecule has 0 radical (unpaired) electrons. The molecule has 0 bridgehead atoms. The number of pyridine rings is 2. The molecule has 18 rings (SSSR count). The zero-order chi connectivity index (χ0) is 103. The van der Waals surface area contributed by atoms with E-state index in [1.165, 1.54) is 112 Å². The number of nitrogens with one attached hydrogen (secondary N) is 6. The zero-order valence-corrected chi connectivity index (χ0v) is 79.0. The molecule has 0 atom stereocenters. The van der Waals surface area contributed by atoms with E-state index in [9.17, 15) is 94.3 Å². The highest BCUT2D eigenvalue weighted by Gasteiger charge is 2.33. The number of hydrogen-bond acceptors (Lipinski definition) is 22. The van der Waals surface area contributed by atoms with Crippen LogP contribution in [0.3, 0.4) is 0 Å². The Morgan fingerprint density at radius 3 is 0.833 bits per heavy atom. The van der Waals surface area contributed by atoms with Crippen LogP contribution in [0.15, 0.2) is 257 Å². The molecule has 4 saturated heterocycles. The van der Waals surface area contributed by atoms with Gasteiger partial charge in [0.2, 0.25) is 0 Å². The number of H-pyrrole nitrogens is 4. The number of rotatable bonds is 14. The van der Waals surface area contributed by atoms with Gasteiger partial charge < -0.3 is 59.7 Å². The Bertz CT molecular complexity index is 7680. The zero-order valence-electron chi connectivity index (χ0n) is 79.0. The van der Waals surface area contributed by atoms with E-state index >= 15 is 0 Å². The standard InChI is InChI=1S/C26H22FN5O4.C25H27FN4O5.C20H19FN4O3.C16H11FN2O4.C9H18N2O2.C6H5NO2/c27-20-9-8-17(16-32-22-7-2-1-5-18(22)23(33)29-26(32)36)15-19(20)24(34)30-11-13-31(14-12-30)25(35)21-6-3-4-10-28-21;1-25(2,3)35-24(34)29-12-10-28(11-13-29)22(32)18-14-16(8-9-19(18)26)15-30-20-7-5-4-6-17(20)21(31)27-23(30)33;21-16-6-5-13(11-15(16)19(27)24-9-7-22-8-10-24)12-25-17-4-2-1-3-14(17)18(26)23-20(25)28;17-12-6-5-9(7-11(12)15(21)22)8-19-13-4-2-1-3-10(13)14(20)18-16(19)23;1-9(2,3)13-8(12)11-6-4-10-5-7-11;8-6(9)5-3-1-2-4-7-5/h1-10,15H,11-14,16H2,(H,29,33,36);4-9,14H,10-13,15H2,1-3H3,(H,27,31,33);1-6,11,22H,7-10,12H2,(H,23,26,28);1-7H,8H2,(H,21,22)(H,18,20,23);10H,4-7H2,1-3H3;1-4H,(H,8,9). The number of hydrogen-bond donors (Lipinski definition) is 8. The molecule has 10 heterocycles. The van der Waals surface area contributed by atoms with Gasteiger partial charge in [0.05, 0.1) is 92.0 Å². The van der Waals surface area contributed by atoms with Crippen LogP contribution in [0.5, 0.6) is 0 Å². The molecule has 0 unspecified atom stereocenters. The summed E-state index contributed by atoms with van der Waals surface area (Å²) in [5.74, 6) is -6.72. The van der Waals surface area contributed by atoms with Crippen LogP contribution in [0.25, 0.3) is 43.6 Å². The van der Waals surface area contributed by atoms with E-state index in [1.54, 1.807) is 169 Å². The number of aromatic amines is 4. The number of carboxylic acids is 2. The molecule has 38 nitrogen and oxygen atoms in total. The molecule has 0 saturated carbocycles. The number of nitrogens with zero attached hydrogens (tertiary/aromatic N) is 12. The van der Waals surface area contributed by atoms with E-state index < -0.39 is 109 Å². The van der Waals surface area contributed by atoms with Crippen molar-refractivity contribution in [2.45, 2.75) is 78.9 Å². The van der Waals surface area contributed by atoms with Crippen LogP contribution >= 0.6 is 0 Å². The summed E-state index contributed by atoms with van der Waals surface area (Å²) in [6.07, 6.45) is 2.35. The van der Waals surface area contributed by atoms with Crippen molar-refractivity contribution in [3.63, 3.8) is 0 Å². The molecule has 42 heteroatoms. The van der Waals surface area contributed by atoms with Crippen molar-refractivity contribution < 1.29 is 75.6 Å². The predicted molar refractivity (Wildman–Crippen MR) is 525 cm³/mol. The van der Waals surface area contributed by atoms with Crippen LogP contribution in [-0.2, 0) is 35.7 Å². The van der Waals surface area contributed by atoms with Crippen molar-refractivity contribution in [1.29, 1.82) is 0 Å². The number of carbonyl (C=O) groups excluding carboxylic acids is 6. The van der Waals surface area contributed by atoms with Gasteiger partial charge in [-0.2, -0.15) is 0 Å². The van der Waals surface area contributed by atoms with E-state index in [0.717, 1.165) is 32.2 Å². The molecule has 8 aromatic carbocycles. The average molecular weight is 1980 g/mol. The summed E-state index contributed by atoms with van der Waals surface area (Å²) in [7, 11) is 0. The first kappa shape index (κ1) is 104. The summed E-state index contributed by atoms with van der Waals surface area (Å²) < 4.78 is 73.2. The highest BCUT2D eigenvalue weighted by atomic mass is 19.1. The number of amides is 6. The fraction of sp³-hybridized carbons (Fsp3) is 0.275. The van der Waals surface area contributed by atoms with Gasteiger partial charge in [-0.25, -0.2) is 60.9 Å². The van der Waals surface area contributed by atoms with Gasteiger partial charge in [0.15, 0.2) is 0 Å². The molecular weight excluding hydrogens is 1870 g/mol. The van der Waals surface area contributed by atoms with E-state index in [-0.39, 0.29) is 111 Å². The second-order valence-electron chi connectivity index (χ2n) is 35.4. The molecule has 14 aromatic rings. The van der Waals surface area contributed by atoms with Crippen molar-refractivity contribution in [2.75, 3.05) is 105 Å². The van der Waals surface area contributed by atoms with Crippen molar-refractivity contribution in [3.8, 4) is 0 Å². The van der Waals surface area contributed by atoms with Gasteiger partial charge in [-0.15, -0.1) is 0 Å². The van der Waals surface area contributed by atoms with E-state index in [2.05, 4.69) is 40.5 Å². The molecule has 8 N–H and O–H groups in total. The number of piperazine rings is 4. The first-order valence-electron chi connectivity index (χ1n) is 45.6. The third-order valence-electron chi connectivity index (χ3n) is 23.0. The number of aromatic nitrogens is 10. The summed E-state index contributed by atoms with van der Waals surface area (Å²) in [5, 5.41) is 25.1. The first-order chi connectivity index (χ1) is 68.8. The summed E-state index contributed by atoms with van der Waals surface area (Å²) in [6, 6.07) is 52.7. The predicted octanol–water partition coefficient (Wildman–Crippen LogP) is 8.55. The smallest absolute Gasteiger partial charge is 0.410 e. The lowest BCUT2D eigenvalue weighted by atomic mass is 10.1. The minimum absolute atomic E-state index is 0.0106. The fourth-order valence-electron chi connectivity index (χ4n) is 15.9. The van der Waals surface area contributed by atoms with Crippen LogP contribution in [0, 0.1) is 23.3 Å². The highest BCUT2D eigenvalue weighted by Crippen LogP contribution is 2.25. The van der Waals surface area contributed by atoms with Gasteiger partial charge in [-0.3, -0.25) is 81.5 Å². The van der Waals surface area contributed by atoms with Crippen LogP contribution in [0.4, 0.5) is 27.2 Å². The molecular formula is C102H102F4N18O20. The van der Waals surface area contributed by atoms with Gasteiger partial charge in [-0.05, 0) is 185 Å². The van der Waals surface area contributed by atoms with Gasteiger partial charge in [0.25, 0.3) is 45.9 Å². The number of ether oxygens (including phenoxy) is 2. The summed E-state index contributed by atoms with van der Waals surface area (Å²) in [4.78, 5) is 220. The molecule has 6 amide bonds. The van der Waals surface area contributed by atoms with E-state index in [4.69, 9.17) is 19.7 Å². The van der Waals surface area contributed by atoms with Crippen LogP contribution < -0.4 is 55.6 Å². The minimum Gasteiger partial charge on any atom is -0.478 e. The maximum absolute atomic E-state index is 14.7. The number of carbonyl (C=O) groups is 8. The van der Waals surface area contributed by atoms with Crippen LogP contribution in [-0.4, -0.2) is 251 Å². The Morgan fingerprint density at radius 1 is 0.306 bits per heavy atom. The molecule has 144 heavy (non-hydrogen) atoms. The van der Waals surface area contributed by atoms with Crippen molar-refractivity contribution in [2.24, 2.45) is 0 Å². The maximum atomic E-state index is 14.7. The Kier molecular flexibility index (Phi) is 33.8. The summed E-state index contributed by atoms with van der Waals surface area (Å²) in [6.45, 7) is 19.0. The molecule has 748 valence electrons. The van der Waals surface area contributed by atoms with Crippen LogP contribution in [0.2, 0.25) is 0 Å². The lowest BCUT2D eigenvalue weighted by Gasteiger charge is -2.35. The Labute approximate surface area is 816 Å². The normalized spacial score (nSPS) is 13.7. The van der Waals surface area contributed by atoms with Crippen molar-refractivity contribution >= 4 is 91.4 Å². The molecule has 0 spiro atoms. The number of halogens is 4. The second kappa shape index (κ2) is 46.7. The fourth-order valence-corrected chi connectivity index (χ4v) is 15.9. The third-order valence-corrected chi connectivity index (χ3v) is 23.0. The minimum atomic E-state index is -1.39. The Morgan fingerprint density at radius 2 is 0.556 bits per heavy atom. The lowest BCUT2D eigenvalue weighted by Crippen LogP contribution is -2.51. The quantitative estimate of drug-likeness (QED) is 0.0472. The van der Waals surface area contributed by atoms with Gasteiger partial charge in [0, 0.05) is 117 Å². The third kappa shape index (κ3) is 26.5. The molecule has 4 fully saturated rings. The molecule has 0 aliphatic carbocycles. The van der Waals surface area contributed by atoms with Crippen molar-refractivity contribution in [3.05, 3.63) is 381 Å². The first-order valence-corrected chi connectivity index (χ1v) is 45.6. The SMILES string of the molecule is CC(C)(C)OC(=O)N1CCN(C(=O)c2cc(Cn3c(=O)[nH]c(=O)c4ccccc43)ccc2F)CC1.CC(C)(C)OC(=O)N1CCNCC1.O=C(O)c1cc(Cn2c(=O)[nH]c(=O)c3ccccc32)ccc1F.O=C(O)c1ccccn1.O=C(c1cc(Cn2c(=O)[nH]c(=O)c3ccccc32)ccc1F)N1CCNCC1.O=C(c1ccccn1)N1CCN(C(=O)c2cc(Cn3c(=O)[nH]c(=O)c4ccccc43)ccc2F)CC1. The number of aromatic carboxylic acids is 2. The van der Waals surface area contributed by atoms with Gasteiger partial charge in [0.1, 0.15) is 45.9 Å². The number of benzene rings is 8. The number of fused-ring (bicyclic) bond motifs is 4. The van der Waals surface area contributed by atoms with E-state index in [1.807, 2.05) is 20.8 Å². The largest absolute Gasteiger partial charge is 0.478 e. The Hall–Kier alpha value is -17.2. The monoisotopic (exact) mass is 1970 g/mol. The van der Waals surface area contributed by atoms with Crippen LogP contribution in [0.1, 0.15) is 126 Å². The number of carboxylic acid groups (broad SMARTS) is 2. The van der Waals surface area contributed by atoms with Crippen molar-refractivity contribution in [1.82, 2.24) is 88.2 Å². The highest BCUT2D eigenvalue weighted by molar-refractivity contribution is 5.97. The second-order valence-corrected chi connectivity index (χ2v) is 35.4. The molecule has 4 aliphatic heterocycles. The topological polar surface area (TPSA) is 484 Å². The number of para-hydroxylation sites is 4. The lowest BCUT2D eigenvalue weighted by molar-refractivity contribution is 0.0139. The van der Waals surface area contributed by atoms with Gasteiger partial charge in [-0.1, -0.05) is 84.9 Å². The maximum Gasteiger partial charge on any atom is 0.410 e. The average Bonchev–Trinajstić information content (AvgIpc) is 0.790. The summed E-state index contributed by atoms with van der Waals surface area (Å²) in [5.41, 5.74) is -1.69. The summed E-state index contributed by atoms with van der Waals surface area (Å²) >= 11 is 0. The molecule has 4 aliphatic rings. The van der Waals surface area contributed by atoms with Gasteiger partial charge >= 0.3 is 46.9 Å². The Balaban J connectivity index is 0.000000151. The van der Waals surface area contributed by atoms with E-state index in [0.29, 0.717) is 111 Å². The molecule has 6 aromatic heterocycles.